The van der Waals surface area contributed by atoms with Gasteiger partial charge in [-0.05, 0) is 70.7 Å². The maximum Gasteiger partial charge on any atom is 0.0575 e. The molecule has 0 bridgehead atoms. The van der Waals surface area contributed by atoms with E-state index in [1.807, 2.05) is 13.8 Å². The number of benzene rings is 1. The summed E-state index contributed by atoms with van der Waals surface area (Å²) in [5.41, 5.74) is 8.86. The maximum atomic E-state index is 4.47. The van der Waals surface area contributed by atoms with Gasteiger partial charge in [0.1, 0.15) is 0 Å². The van der Waals surface area contributed by atoms with E-state index in [1.165, 1.54) is 43.9 Å². The largest absolute Gasteiger partial charge is 0.383 e. The van der Waals surface area contributed by atoms with E-state index in [2.05, 4.69) is 82.0 Å². The van der Waals surface area contributed by atoms with Crippen molar-refractivity contribution in [3.8, 4) is 0 Å². The Morgan fingerprint density at radius 1 is 1.19 bits per heavy atom. The SMILES string of the molecule is C=C(CC)c1cc(C)c(C(=C)C2NC=C(c3cccs3)C2C)c(C)c1.CC.[HH].[HH]. The minimum atomic E-state index is 0. The van der Waals surface area contributed by atoms with Crippen molar-refractivity contribution in [3.05, 3.63) is 76.1 Å². The van der Waals surface area contributed by atoms with Crippen molar-refractivity contribution < 1.29 is 2.85 Å². The topological polar surface area (TPSA) is 12.0 Å². The fourth-order valence-corrected chi connectivity index (χ4v) is 4.65. The third-order valence-electron chi connectivity index (χ3n) is 5.28. The van der Waals surface area contributed by atoms with E-state index in [0.29, 0.717) is 5.92 Å². The van der Waals surface area contributed by atoms with Gasteiger partial charge in [-0.3, -0.25) is 0 Å². The van der Waals surface area contributed by atoms with Crippen LogP contribution in [0.1, 0.15) is 64.1 Å². The predicted octanol–water partition coefficient (Wildman–Crippen LogP) is 7.97. The van der Waals surface area contributed by atoms with Crippen LogP contribution in [0.15, 0.2) is 49.0 Å². The average molecular weight is 384 g/mol. The van der Waals surface area contributed by atoms with Crippen LogP contribution in [0.2, 0.25) is 0 Å². The molecule has 0 saturated carbocycles. The van der Waals surface area contributed by atoms with Crippen molar-refractivity contribution in [3.63, 3.8) is 0 Å². The highest BCUT2D eigenvalue weighted by atomic mass is 32.1. The van der Waals surface area contributed by atoms with Crippen molar-refractivity contribution in [2.24, 2.45) is 5.92 Å². The molecule has 1 nitrogen and oxygen atoms in total. The van der Waals surface area contributed by atoms with Crippen molar-refractivity contribution in [1.82, 2.24) is 5.32 Å². The smallest absolute Gasteiger partial charge is 0.0575 e. The third-order valence-corrected chi connectivity index (χ3v) is 6.20. The average Bonchev–Trinajstić information content (AvgIpc) is 3.31. The number of thiophene rings is 1. The lowest BCUT2D eigenvalue weighted by atomic mass is 9.84. The zero-order valence-electron chi connectivity index (χ0n) is 17.6. The Kier molecular flexibility index (Phi) is 7.26. The zero-order valence-corrected chi connectivity index (χ0v) is 18.5. The molecule has 148 valence electrons. The lowest BCUT2D eigenvalue weighted by molar-refractivity contribution is 0.631. The van der Waals surface area contributed by atoms with E-state index in [1.54, 1.807) is 11.3 Å². The maximum absolute atomic E-state index is 4.47. The van der Waals surface area contributed by atoms with Gasteiger partial charge in [-0.1, -0.05) is 59.1 Å². The lowest BCUT2D eigenvalue weighted by Crippen LogP contribution is -2.27. The van der Waals surface area contributed by atoms with Gasteiger partial charge in [-0.25, -0.2) is 0 Å². The molecule has 1 aliphatic rings. The van der Waals surface area contributed by atoms with Gasteiger partial charge in [-0.15, -0.1) is 11.3 Å². The Balaban J connectivity index is 0.00000190. The fourth-order valence-electron chi connectivity index (χ4n) is 3.81. The molecule has 3 rings (SSSR count). The van der Waals surface area contributed by atoms with Crippen molar-refractivity contribution in [2.75, 3.05) is 0 Å². The van der Waals surface area contributed by atoms with E-state index >= 15 is 0 Å². The molecule has 2 heterocycles. The molecule has 1 N–H and O–H groups in total. The number of aryl methyl sites for hydroxylation is 2. The Hall–Kier alpha value is -2.06. The third kappa shape index (κ3) is 4.27. The lowest BCUT2D eigenvalue weighted by Gasteiger charge is -2.24. The molecule has 0 saturated heterocycles. The first-order chi connectivity index (χ1) is 12.9. The van der Waals surface area contributed by atoms with Crippen LogP contribution in [0, 0.1) is 19.8 Å². The van der Waals surface area contributed by atoms with E-state index in [0.717, 1.165) is 6.42 Å². The van der Waals surface area contributed by atoms with Gasteiger partial charge in [-0.2, -0.15) is 0 Å². The monoisotopic (exact) mass is 383 g/mol. The number of allylic oxidation sites excluding steroid dienone is 1. The first-order valence-corrected chi connectivity index (χ1v) is 10.8. The highest BCUT2D eigenvalue weighted by Crippen LogP contribution is 2.39. The summed E-state index contributed by atoms with van der Waals surface area (Å²) < 4.78 is 0. The second-order valence-corrected chi connectivity index (χ2v) is 7.93. The van der Waals surface area contributed by atoms with Crippen LogP contribution < -0.4 is 5.32 Å². The van der Waals surface area contributed by atoms with Crippen LogP contribution >= 0.6 is 11.3 Å². The molecule has 2 heteroatoms. The van der Waals surface area contributed by atoms with Gasteiger partial charge in [0.25, 0.3) is 0 Å². The van der Waals surface area contributed by atoms with Crippen molar-refractivity contribution in [2.45, 2.75) is 54.0 Å². The highest BCUT2D eigenvalue weighted by molar-refractivity contribution is 7.11. The van der Waals surface area contributed by atoms with E-state index < -0.39 is 0 Å². The Morgan fingerprint density at radius 2 is 1.81 bits per heavy atom. The molecule has 2 atom stereocenters. The van der Waals surface area contributed by atoms with Crippen LogP contribution in [-0.2, 0) is 0 Å². The molecule has 27 heavy (non-hydrogen) atoms. The van der Waals surface area contributed by atoms with Gasteiger partial charge in [0.15, 0.2) is 0 Å². The molecule has 2 unspecified atom stereocenters. The summed E-state index contributed by atoms with van der Waals surface area (Å²) in [5, 5.41) is 5.71. The number of nitrogens with one attached hydrogen (secondary N) is 1. The van der Waals surface area contributed by atoms with Crippen molar-refractivity contribution in [1.29, 1.82) is 0 Å². The van der Waals surface area contributed by atoms with Crippen LogP contribution in [0.3, 0.4) is 0 Å². The predicted molar refractivity (Wildman–Crippen MR) is 128 cm³/mol. The molecular formula is C25H37NS. The Morgan fingerprint density at radius 3 is 2.33 bits per heavy atom. The van der Waals surface area contributed by atoms with Crippen molar-refractivity contribution >= 4 is 28.1 Å². The summed E-state index contributed by atoms with van der Waals surface area (Å²) in [7, 11) is 0. The Bertz CT molecular complexity index is 827. The molecule has 0 aliphatic carbocycles. The second-order valence-electron chi connectivity index (χ2n) is 6.98. The van der Waals surface area contributed by atoms with Gasteiger partial charge in [0.05, 0.1) is 6.04 Å². The fraction of sp³-hybridized carbons (Fsp3) is 0.360. The van der Waals surface area contributed by atoms with Gasteiger partial charge in [0, 0.05) is 19.8 Å². The summed E-state index contributed by atoms with van der Waals surface area (Å²) >= 11 is 1.80. The van der Waals surface area contributed by atoms with E-state index in [9.17, 15) is 0 Å². The molecule has 0 spiro atoms. The Labute approximate surface area is 172 Å². The number of hydrogen-bond donors (Lipinski definition) is 1. The number of rotatable bonds is 5. The quantitative estimate of drug-likeness (QED) is 0.552. The standard InChI is InChI=1S/C23H27NS.C2H6.2H2/c1-7-14(2)19-11-15(3)22(16(4)12-19)18(6)23-17(5)20(13-24-23)21-9-8-10-25-21;1-2;;/h8-13,17,23-24H,2,6-7H2,1,3-5H3;1-2H3;2*1H. The normalized spacial score (nSPS) is 18.2. The molecule has 1 aromatic heterocycles. The van der Waals surface area contributed by atoms with Gasteiger partial charge < -0.3 is 5.32 Å². The summed E-state index contributed by atoms with van der Waals surface area (Å²) in [5.74, 6) is 0.412. The first-order valence-electron chi connectivity index (χ1n) is 9.92. The zero-order chi connectivity index (χ0) is 20.1. The first kappa shape index (κ1) is 21.2. The van der Waals surface area contributed by atoms with Gasteiger partial charge in [0.2, 0.25) is 0 Å². The molecular weight excluding hydrogens is 346 g/mol. The van der Waals surface area contributed by atoms with E-state index in [-0.39, 0.29) is 8.90 Å². The summed E-state index contributed by atoms with van der Waals surface area (Å²) in [6, 6.07) is 9.07. The molecule has 1 aliphatic heterocycles. The minimum absolute atomic E-state index is 0. The molecule has 0 amide bonds. The number of hydrogen-bond acceptors (Lipinski definition) is 2. The summed E-state index contributed by atoms with van der Waals surface area (Å²) in [6.45, 7) is 21.5. The second kappa shape index (κ2) is 9.23. The summed E-state index contributed by atoms with van der Waals surface area (Å²) in [4.78, 5) is 1.35. The minimum Gasteiger partial charge on any atom is -0.383 e. The van der Waals surface area contributed by atoms with Crippen LogP contribution in [-0.4, -0.2) is 6.04 Å². The van der Waals surface area contributed by atoms with E-state index in [4.69, 9.17) is 0 Å². The van der Waals surface area contributed by atoms with Crippen LogP contribution in [0.4, 0.5) is 0 Å². The highest BCUT2D eigenvalue weighted by Gasteiger charge is 2.30. The molecule has 1 aromatic carbocycles. The van der Waals surface area contributed by atoms with Gasteiger partial charge >= 0.3 is 0 Å². The molecule has 0 fully saturated rings. The summed E-state index contributed by atoms with van der Waals surface area (Å²) in [6.07, 6.45) is 3.15. The van der Waals surface area contributed by atoms with Crippen LogP contribution in [0.5, 0.6) is 0 Å². The molecule has 0 radical (unpaired) electrons. The van der Waals surface area contributed by atoms with Crippen LogP contribution in [0.25, 0.3) is 16.7 Å². The molecule has 2 aromatic rings.